The van der Waals surface area contributed by atoms with E-state index in [1.165, 1.54) is 94.9 Å². The molecule has 0 heterocycles. The predicted molar refractivity (Wildman–Crippen MR) is 499 cm³/mol. The minimum absolute atomic E-state index is 0.00310. The molecule has 0 saturated carbocycles. The lowest BCUT2D eigenvalue weighted by Crippen LogP contribution is -2.36. The van der Waals surface area contributed by atoms with Crippen molar-refractivity contribution in [1.29, 1.82) is 0 Å². The van der Waals surface area contributed by atoms with Crippen molar-refractivity contribution in [1.82, 2.24) is 39.2 Å². The Morgan fingerprint density at radius 3 is 0.732 bits per heavy atom. The van der Waals surface area contributed by atoms with Crippen LogP contribution < -0.4 is 0 Å². The quantitative estimate of drug-likeness (QED) is 0.0236. The van der Waals surface area contributed by atoms with Gasteiger partial charge in [0, 0.05) is 52.4 Å². The zero-order chi connectivity index (χ0) is 98.9. The summed E-state index contributed by atoms with van der Waals surface area (Å²) < 4.78 is 39.4. The molecule has 0 bridgehead atoms. The van der Waals surface area contributed by atoms with E-state index in [-0.39, 0.29) is 148 Å². The Balaban J connectivity index is -0.000000213. The third-order valence-electron chi connectivity index (χ3n) is 16.4. The highest BCUT2D eigenvalue weighted by Crippen LogP contribution is 2.14. The van der Waals surface area contributed by atoms with Crippen LogP contribution >= 0.6 is 0 Å². The molecule has 127 heavy (non-hydrogen) atoms. The van der Waals surface area contributed by atoms with Crippen molar-refractivity contribution in [3.63, 3.8) is 0 Å². The first kappa shape index (κ1) is 132. The van der Waals surface area contributed by atoms with Crippen molar-refractivity contribution in [3.05, 3.63) is 101 Å². The summed E-state index contributed by atoms with van der Waals surface area (Å²) in [6.45, 7) is 69.2. The number of hydrogen-bond acceptors (Lipinski definition) is 24. The molecule has 1 unspecified atom stereocenters. The second-order valence-corrected chi connectivity index (χ2v) is 28.9. The molecule has 730 valence electrons. The minimum atomic E-state index is -0.413. The van der Waals surface area contributed by atoms with E-state index in [0.717, 1.165) is 122 Å². The summed E-state index contributed by atoms with van der Waals surface area (Å²) in [6.07, 6.45) is 27.3. The topological polar surface area (TPSA) is 373 Å². The molecule has 0 radical (unpaired) electrons. The lowest BCUT2D eigenvalue weighted by molar-refractivity contribution is -0.151. The molecular weight excluding hydrogens is 1640 g/mol. The van der Waals surface area contributed by atoms with Gasteiger partial charge in [0.15, 0.2) is 0 Å². The smallest absolute Gasteiger partial charge is 0.325 e. The molecule has 0 N–H and O–H groups in total. The Bertz CT molecular complexity index is 3140. The first-order valence-corrected chi connectivity index (χ1v) is 44.9. The first-order valence-electron chi connectivity index (χ1n) is 44.9. The Hall–Kier alpha value is -10.6. The standard InChI is InChI=1S/C16H29NO3.C14H25NO3.2C12H21NO3.2C11H19NO3.C10H17NO3.C9H15NO3/c1-5-9-10-14(7-3)13-20-16(19)12-17(11-6-2)15(18)8-4;1-4-7-8-9-11-18-14(17)12-15(10-5-2)13(16)6-3;1-5-7-13(11(14)6-2)8-12(15)16-9-10(3)4;1-4-7-9-16-12(15)10-13(8-5-2)11(14)6-3;1-5-7-12(10(13)6-2)8-11(14)15-9(3)4;1-4-7-12(10(13)6-3)9-11(14)15-8-5-2;1-4-7-11(9(12)5-2)8-10(13)14-6-3;1-4-6-10(8(11)5-2)7-9(12)13-3/h8,14H,4-7,9-13H2,1-3H3;6H,3-5,7-12H2,1-2H3;6,10H,2,5,7-9H2,1,3-4H3;6H,3-5,7-10H2,1-2H3;6,9H,2,5,7-8H2,1,3-4H3;6H,3-5,7-9H2,1-2H3;5H,2,4,6-8H2,1,3H3;5H,2,4,6-7H2,1,3H3. The van der Waals surface area contributed by atoms with Gasteiger partial charge in [-0.15, -0.1) is 0 Å². The fourth-order valence-corrected chi connectivity index (χ4v) is 10.0. The van der Waals surface area contributed by atoms with E-state index in [1.807, 2.05) is 83.1 Å². The normalized spacial score (nSPS) is 9.96. The number of esters is 8. The minimum Gasteiger partial charge on any atom is -0.468 e. The van der Waals surface area contributed by atoms with Gasteiger partial charge >= 0.3 is 47.8 Å². The van der Waals surface area contributed by atoms with Gasteiger partial charge in [0.25, 0.3) is 0 Å². The fourth-order valence-electron chi connectivity index (χ4n) is 10.0. The van der Waals surface area contributed by atoms with Gasteiger partial charge in [-0.1, -0.05) is 201 Å². The molecule has 0 aromatic rings. The number of unbranched alkanes of at least 4 members (excludes halogenated alkanes) is 5. The largest absolute Gasteiger partial charge is 0.468 e. The van der Waals surface area contributed by atoms with Crippen LogP contribution in [-0.4, -0.2) is 292 Å². The SMILES string of the molecule is C=CC(=O)N(CCC)CC(=O)OC.C=CC(=O)N(CCC)CC(=O)OC(C)C.C=CC(=O)N(CCC)CC(=O)OCC.C=CC(=O)N(CCC)CC(=O)OCC(C)C.C=CC(=O)N(CCC)CC(=O)OCC(CC)CCCC.C=CC(=O)N(CCC)CC(=O)OCCC.C=CC(=O)N(CCC)CC(=O)OCCCC.C=CC(=O)N(CCC)CC(=O)OCCCCCC. The summed E-state index contributed by atoms with van der Waals surface area (Å²) in [4.78, 5) is 193. The summed E-state index contributed by atoms with van der Waals surface area (Å²) in [6, 6.07) is 0. The van der Waals surface area contributed by atoms with Crippen molar-refractivity contribution in [2.45, 2.75) is 253 Å². The van der Waals surface area contributed by atoms with E-state index in [1.54, 1.807) is 20.8 Å². The average molecular weight is 1800 g/mol. The maximum Gasteiger partial charge on any atom is 0.325 e. The van der Waals surface area contributed by atoms with Gasteiger partial charge in [-0.3, -0.25) is 76.7 Å². The van der Waals surface area contributed by atoms with Crippen LogP contribution in [0.25, 0.3) is 0 Å². The van der Waals surface area contributed by atoms with E-state index >= 15 is 0 Å². The highest BCUT2D eigenvalue weighted by molar-refractivity contribution is 5.94. The summed E-state index contributed by atoms with van der Waals surface area (Å²) in [7, 11) is 1.30. The molecule has 1 atom stereocenters. The highest BCUT2D eigenvalue weighted by atomic mass is 16.6. The number of carbonyl (C=O) groups excluding carboxylic acids is 16. The predicted octanol–water partition coefficient (Wildman–Crippen LogP) is 13.4. The van der Waals surface area contributed by atoms with E-state index in [0.29, 0.717) is 104 Å². The molecule has 32 nitrogen and oxygen atoms in total. The van der Waals surface area contributed by atoms with Gasteiger partial charge in [-0.2, -0.15) is 0 Å². The molecule has 0 spiro atoms. The average Bonchev–Trinajstić information content (AvgIpc) is 0.930. The maximum absolute atomic E-state index is 11.8. The summed E-state index contributed by atoms with van der Waals surface area (Å²) in [5.41, 5.74) is 0. The third kappa shape index (κ3) is 82.2. The number of methoxy groups -OCH3 is 1. The van der Waals surface area contributed by atoms with Crippen molar-refractivity contribution < 1.29 is 115 Å². The number of hydrogen-bond donors (Lipinski definition) is 0. The Kier molecular flexibility index (Phi) is 96.7. The lowest BCUT2D eigenvalue weighted by atomic mass is 10.0. The monoisotopic (exact) mass is 1800 g/mol. The molecule has 0 saturated heterocycles. The van der Waals surface area contributed by atoms with Crippen LogP contribution in [0.15, 0.2) is 101 Å². The molecule has 0 aliphatic carbocycles. The Labute approximate surface area is 762 Å². The van der Waals surface area contributed by atoms with Crippen molar-refractivity contribution >= 4 is 95.0 Å². The van der Waals surface area contributed by atoms with Gasteiger partial charge in [0.1, 0.15) is 52.4 Å². The van der Waals surface area contributed by atoms with Gasteiger partial charge < -0.3 is 77.1 Å². The number of carbonyl (C=O) groups is 16. The Morgan fingerprint density at radius 2 is 0.504 bits per heavy atom. The third-order valence-corrected chi connectivity index (χ3v) is 16.4. The van der Waals surface area contributed by atoms with Crippen LogP contribution in [0, 0.1) is 11.8 Å². The van der Waals surface area contributed by atoms with Gasteiger partial charge in [0.2, 0.25) is 47.3 Å². The van der Waals surface area contributed by atoms with Gasteiger partial charge in [-0.05, 0) is 158 Å². The van der Waals surface area contributed by atoms with Crippen molar-refractivity contribution in [3.8, 4) is 0 Å². The summed E-state index contributed by atoms with van der Waals surface area (Å²) in [5, 5.41) is 0. The van der Waals surface area contributed by atoms with Crippen molar-refractivity contribution in [2.24, 2.45) is 11.8 Å². The van der Waals surface area contributed by atoms with Crippen LogP contribution in [0.1, 0.15) is 247 Å². The molecule has 0 aromatic heterocycles. The Morgan fingerprint density at radius 1 is 0.260 bits per heavy atom. The molecular formula is C95H166N8O24. The summed E-state index contributed by atoms with van der Waals surface area (Å²) in [5.74, 6) is -4.04. The zero-order valence-electron chi connectivity index (χ0n) is 81.4. The molecule has 32 heteroatoms. The van der Waals surface area contributed by atoms with Gasteiger partial charge in [0.05, 0.1) is 52.9 Å². The highest BCUT2D eigenvalue weighted by Gasteiger charge is 2.22. The van der Waals surface area contributed by atoms with E-state index in [4.69, 9.17) is 33.2 Å². The second-order valence-electron chi connectivity index (χ2n) is 28.9. The summed E-state index contributed by atoms with van der Waals surface area (Å²) >= 11 is 0. The number of rotatable bonds is 60. The zero-order valence-corrected chi connectivity index (χ0v) is 81.4. The van der Waals surface area contributed by atoms with E-state index in [2.05, 4.69) is 78.1 Å². The van der Waals surface area contributed by atoms with Crippen LogP contribution in [0.4, 0.5) is 0 Å². The molecule has 0 aliphatic rings. The number of ether oxygens (including phenoxy) is 8. The van der Waals surface area contributed by atoms with Crippen LogP contribution in [0.5, 0.6) is 0 Å². The van der Waals surface area contributed by atoms with Crippen LogP contribution in [0.3, 0.4) is 0 Å². The van der Waals surface area contributed by atoms with E-state index < -0.39 is 5.97 Å². The lowest BCUT2D eigenvalue weighted by Gasteiger charge is -2.20. The molecule has 0 fully saturated rings. The molecule has 8 amide bonds. The number of nitrogens with zero attached hydrogens (tertiary/aromatic N) is 8. The number of amides is 8. The maximum atomic E-state index is 11.8. The first-order chi connectivity index (χ1) is 60.3. The fraction of sp³-hybridized carbons (Fsp3) is 0.663. The second kappa shape index (κ2) is 93.1. The van der Waals surface area contributed by atoms with Crippen molar-refractivity contribution in [2.75, 3.05) is 151 Å². The molecule has 0 aliphatic heterocycles. The van der Waals surface area contributed by atoms with Gasteiger partial charge in [-0.25, -0.2) is 0 Å². The molecule has 0 rings (SSSR count). The van der Waals surface area contributed by atoms with Crippen LogP contribution in [0.2, 0.25) is 0 Å². The van der Waals surface area contributed by atoms with E-state index in [9.17, 15) is 76.7 Å². The molecule has 0 aromatic carbocycles. The van der Waals surface area contributed by atoms with Crippen LogP contribution in [-0.2, 0) is 115 Å².